The predicted octanol–water partition coefficient (Wildman–Crippen LogP) is 4.05. The fourth-order valence-corrected chi connectivity index (χ4v) is 3.24. The SMILES string of the molecule is Clc1ccc(C2C=C(c3cccs3)Nc3ncnn32)cc1. The first kappa shape index (κ1) is 12.6. The highest BCUT2D eigenvalue weighted by Gasteiger charge is 2.23. The number of fused-ring (bicyclic) bond motifs is 1. The molecule has 1 N–H and O–H groups in total. The van der Waals surface area contributed by atoms with Gasteiger partial charge in [0, 0.05) is 5.02 Å². The van der Waals surface area contributed by atoms with Gasteiger partial charge in [-0.05, 0) is 35.2 Å². The molecular formula is C15H11ClN4S. The van der Waals surface area contributed by atoms with E-state index < -0.39 is 0 Å². The maximum Gasteiger partial charge on any atom is 0.226 e. The molecule has 1 aromatic carbocycles. The van der Waals surface area contributed by atoms with Crippen LogP contribution in [-0.4, -0.2) is 14.8 Å². The molecule has 0 spiro atoms. The maximum atomic E-state index is 5.98. The van der Waals surface area contributed by atoms with Crippen molar-refractivity contribution in [1.29, 1.82) is 0 Å². The van der Waals surface area contributed by atoms with Crippen LogP contribution in [0.15, 0.2) is 54.2 Å². The molecule has 1 atom stereocenters. The highest BCUT2D eigenvalue weighted by Crippen LogP contribution is 2.33. The van der Waals surface area contributed by atoms with Gasteiger partial charge in [0.05, 0.1) is 10.6 Å². The third kappa shape index (κ3) is 2.24. The van der Waals surface area contributed by atoms with Crippen LogP contribution in [0.1, 0.15) is 16.5 Å². The number of halogens is 1. The number of nitrogens with one attached hydrogen (secondary N) is 1. The molecule has 4 nitrogen and oxygen atoms in total. The molecule has 6 heteroatoms. The molecule has 104 valence electrons. The van der Waals surface area contributed by atoms with Crippen LogP contribution in [0, 0.1) is 0 Å². The smallest absolute Gasteiger partial charge is 0.226 e. The zero-order valence-electron chi connectivity index (χ0n) is 10.9. The molecular weight excluding hydrogens is 304 g/mol. The van der Waals surface area contributed by atoms with Crippen molar-refractivity contribution in [2.45, 2.75) is 6.04 Å². The van der Waals surface area contributed by atoms with Crippen molar-refractivity contribution in [3.8, 4) is 0 Å². The van der Waals surface area contributed by atoms with Crippen molar-refractivity contribution in [3.63, 3.8) is 0 Å². The largest absolute Gasteiger partial charge is 0.323 e. The van der Waals surface area contributed by atoms with Gasteiger partial charge < -0.3 is 5.32 Å². The Morgan fingerprint density at radius 3 is 2.81 bits per heavy atom. The van der Waals surface area contributed by atoms with Crippen LogP contribution in [0.25, 0.3) is 5.70 Å². The standard InChI is InChI=1S/C15H11ClN4S/c16-11-5-3-10(4-6-11)13-8-12(14-2-1-7-21-14)19-15-17-9-18-20(13)15/h1-9,13H,(H,17,18,19). The van der Waals surface area contributed by atoms with E-state index in [1.165, 1.54) is 4.88 Å². The Bertz CT molecular complexity index is 789. The van der Waals surface area contributed by atoms with Crippen LogP contribution in [-0.2, 0) is 0 Å². The van der Waals surface area contributed by atoms with E-state index in [1.807, 2.05) is 35.0 Å². The van der Waals surface area contributed by atoms with E-state index >= 15 is 0 Å². The maximum absolute atomic E-state index is 5.98. The number of anilines is 1. The number of nitrogens with zero attached hydrogens (tertiary/aromatic N) is 3. The van der Waals surface area contributed by atoms with Gasteiger partial charge in [0.1, 0.15) is 12.4 Å². The number of benzene rings is 1. The summed E-state index contributed by atoms with van der Waals surface area (Å²) in [6, 6.07) is 12.0. The third-order valence-corrected chi connectivity index (χ3v) is 4.56. The van der Waals surface area contributed by atoms with Gasteiger partial charge in [-0.3, -0.25) is 0 Å². The van der Waals surface area contributed by atoms with E-state index in [-0.39, 0.29) is 6.04 Å². The quantitative estimate of drug-likeness (QED) is 0.776. The Morgan fingerprint density at radius 1 is 1.19 bits per heavy atom. The highest BCUT2D eigenvalue weighted by molar-refractivity contribution is 7.11. The monoisotopic (exact) mass is 314 g/mol. The van der Waals surface area contributed by atoms with Gasteiger partial charge >= 0.3 is 0 Å². The summed E-state index contributed by atoms with van der Waals surface area (Å²) in [5.74, 6) is 0.751. The number of hydrogen-bond acceptors (Lipinski definition) is 4. The summed E-state index contributed by atoms with van der Waals surface area (Å²) in [4.78, 5) is 5.47. The fraction of sp³-hybridized carbons (Fsp3) is 0.0667. The van der Waals surface area contributed by atoms with E-state index in [1.54, 1.807) is 17.7 Å². The van der Waals surface area contributed by atoms with Crippen molar-refractivity contribution in [3.05, 3.63) is 69.6 Å². The second-order valence-corrected chi connectivity index (χ2v) is 6.09. The van der Waals surface area contributed by atoms with E-state index in [0.717, 1.165) is 22.2 Å². The Kier molecular flexibility index (Phi) is 3.02. The number of thiophene rings is 1. The Labute approximate surface area is 130 Å². The average molecular weight is 315 g/mol. The van der Waals surface area contributed by atoms with Crippen molar-refractivity contribution < 1.29 is 0 Å². The van der Waals surface area contributed by atoms with Gasteiger partial charge in [0.15, 0.2) is 0 Å². The molecule has 1 unspecified atom stereocenters. The lowest BCUT2D eigenvalue weighted by molar-refractivity contribution is 0.612. The van der Waals surface area contributed by atoms with Crippen LogP contribution in [0.4, 0.5) is 5.95 Å². The molecule has 21 heavy (non-hydrogen) atoms. The number of hydrogen-bond donors (Lipinski definition) is 1. The molecule has 4 rings (SSSR count). The predicted molar refractivity (Wildman–Crippen MR) is 85.5 cm³/mol. The molecule has 0 saturated heterocycles. The molecule has 0 fully saturated rings. The van der Waals surface area contributed by atoms with Gasteiger partial charge in [-0.15, -0.1) is 11.3 Å². The van der Waals surface area contributed by atoms with Crippen LogP contribution < -0.4 is 5.32 Å². The summed E-state index contributed by atoms with van der Waals surface area (Å²) in [5, 5.41) is 10.4. The molecule has 3 heterocycles. The lowest BCUT2D eigenvalue weighted by Gasteiger charge is -2.23. The second kappa shape index (κ2) is 5.02. The lowest BCUT2D eigenvalue weighted by atomic mass is 10.0. The molecule has 1 aliphatic rings. The summed E-state index contributed by atoms with van der Waals surface area (Å²) in [5.41, 5.74) is 2.19. The first-order chi connectivity index (χ1) is 10.3. The van der Waals surface area contributed by atoms with Gasteiger partial charge in [-0.1, -0.05) is 29.8 Å². The highest BCUT2D eigenvalue weighted by atomic mass is 35.5. The molecule has 0 radical (unpaired) electrons. The van der Waals surface area contributed by atoms with Crippen LogP contribution in [0.5, 0.6) is 0 Å². The van der Waals surface area contributed by atoms with Crippen molar-refractivity contribution >= 4 is 34.6 Å². The van der Waals surface area contributed by atoms with E-state index in [0.29, 0.717) is 0 Å². The normalized spacial score (nSPS) is 17.0. The molecule has 0 saturated carbocycles. The Hall–Kier alpha value is -2.11. The second-order valence-electron chi connectivity index (χ2n) is 4.71. The number of aromatic nitrogens is 3. The fourth-order valence-electron chi connectivity index (χ4n) is 2.41. The van der Waals surface area contributed by atoms with Gasteiger partial charge in [-0.25, -0.2) is 4.68 Å². The molecule has 3 aromatic rings. The minimum atomic E-state index is 0.0121. The minimum absolute atomic E-state index is 0.0121. The summed E-state index contributed by atoms with van der Waals surface area (Å²) >= 11 is 7.68. The molecule has 0 aliphatic carbocycles. The Balaban J connectivity index is 1.82. The van der Waals surface area contributed by atoms with Crippen molar-refractivity contribution in [1.82, 2.24) is 14.8 Å². The van der Waals surface area contributed by atoms with Crippen molar-refractivity contribution in [2.24, 2.45) is 0 Å². The first-order valence-electron chi connectivity index (χ1n) is 6.49. The van der Waals surface area contributed by atoms with Crippen LogP contribution in [0.2, 0.25) is 5.02 Å². The first-order valence-corrected chi connectivity index (χ1v) is 7.75. The number of rotatable bonds is 2. The third-order valence-electron chi connectivity index (χ3n) is 3.41. The van der Waals surface area contributed by atoms with E-state index in [4.69, 9.17) is 11.6 Å². The zero-order chi connectivity index (χ0) is 14.2. The topological polar surface area (TPSA) is 42.7 Å². The van der Waals surface area contributed by atoms with Gasteiger partial charge in [0.2, 0.25) is 5.95 Å². The summed E-state index contributed by atoms with van der Waals surface area (Å²) in [6.45, 7) is 0. The molecule has 0 amide bonds. The summed E-state index contributed by atoms with van der Waals surface area (Å²) in [6.07, 6.45) is 3.73. The molecule has 1 aliphatic heterocycles. The minimum Gasteiger partial charge on any atom is -0.323 e. The summed E-state index contributed by atoms with van der Waals surface area (Å²) < 4.78 is 1.88. The zero-order valence-corrected chi connectivity index (χ0v) is 12.5. The average Bonchev–Trinajstić information content (AvgIpc) is 3.18. The van der Waals surface area contributed by atoms with E-state index in [2.05, 4.69) is 32.9 Å². The molecule has 0 bridgehead atoms. The number of allylic oxidation sites excluding steroid dienone is 1. The molecule has 2 aromatic heterocycles. The van der Waals surface area contributed by atoms with Crippen LogP contribution in [0.3, 0.4) is 0 Å². The van der Waals surface area contributed by atoms with Crippen LogP contribution >= 0.6 is 22.9 Å². The summed E-state index contributed by atoms with van der Waals surface area (Å²) in [7, 11) is 0. The van der Waals surface area contributed by atoms with Gasteiger partial charge in [-0.2, -0.15) is 10.1 Å². The van der Waals surface area contributed by atoms with Crippen molar-refractivity contribution in [2.75, 3.05) is 5.32 Å². The lowest BCUT2D eigenvalue weighted by Crippen LogP contribution is -2.19. The van der Waals surface area contributed by atoms with E-state index in [9.17, 15) is 0 Å². The Morgan fingerprint density at radius 2 is 2.05 bits per heavy atom. The van der Waals surface area contributed by atoms with Gasteiger partial charge in [0.25, 0.3) is 0 Å².